The third-order valence-corrected chi connectivity index (χ3v) is 6.11. The van der Waals surface area contributed by atoms with Crippen molar-refractivity contribution in [1.82, 2.24) is 0 Å². The van der Waals surface area contributed by atoms with Crippen LogP contribution in [0, 0.1) is 5.92 Å². The molecular weight excluding hydrogens is 372 g/mol. The summed E-state index contributed by atoms with van der Waals surface area (Å²) in [6.07, 6.45) is 2.58. The van der Waals surface area contributed by atoms with Crippen molar-refractivity contribution >= 4 is 17.4 Å². The highest BCUT2D eigenvalue weighted by Crippen LogP contribution is 2.43. The van der Waals surface area contributed by atoms with Crippen molar-refractivity contribution in [2.45, 2.75) is 56.6 Å². The number of unbranched alkanes of at least 4 members (excludes halogenated alkanes) is 1. The molecule has 2 aromatic carbocycles. The third-order valence-electron chi connectivity index (χ3n) is 5.60. The Balaban J connectivity index is 1.65. The van der Waals surface area contributed by atoms with Gasteiger partial charge in [0.05, 0.1) is 19.3 Å². The number of aliphatic hydroxyl groups excluding tert-OH is 1. The van der Waals surface area contributed by atoms with Gasteiger partial charge >= 0.3 is 0 Å². The van der Waals surface area contributed by atoms with E-state index in [1.165, 1.54) is 0 Å². The lowest BCUT2D eigenvalue weighted by molar-refractivity contribution is 0.0723. The number of hydrogen-bond donors (Lipinski definition) is 1. The van der Waals surface area contributed by atoms with Crippen LogP contribution in [0.3, 0.4) is 0 Å². The molecule has 0 aromatic heterocycles. The number of carbonyl (C=O) groups excluding carboxylic acids is 1. The minimum atomic E-state index is -0.491. The fourth-order valence-corrected chi connectivity index (χ4v) is 4.41. The molecule has 1 aliphatic rings. The van der Waals surface area contributed by atoms with Crippen molar-refractivity contribution in [2.75, 3.05) is 6.61 Å². The predicted octanol–water partition coefficient (Wildman–Crippen LogP) is 5.35. The van der Waals surface area contributed by atoms with Crippen LogP contribution in [0.2, 0.25) is 0 Å². The van der Waals surface area contributed by atoms with E-state index in [1.54, 1.807) is 0 Å². The first kappa shape index (κ1) is 21.0. The Labute approximate surface area is 172 Å². The monoisotopic (exact) mass is 400 g/mol. The van der Waals surface area contributed by atoms with Gasteiger partial charge in [0.15, 0.2) is 5.78 Å². The highest BCUT2D eigenvalue weighted by molar-refractivity contribution is 6.21. The summed E-state index contributed by atoms with van der Waals surface area (Å²) in [4.78, 5) is 12.2. The molecule has 4 atom stereocenters. The maximum atomic E-state index is 12.2. The molecule has 0 radical (unpaired) electrons. The molecule has 0 spiro atoms. The first-order valence-corrected chi connectivity index (χ1v) is 10.6. The molecule has 3 nitrogen and oxygen atoms in total. The van der Waals surface area contributed by atoms with E-state index in [0.717, 1.165) is 29.5 Å². The number of benzene rings is 2. The van der Waals surface area contributed by atoms with Crippen molar-refractivity contribution < 1.29 is 14.6 Å². The Morgan fingerprint density at radius 2 is 1.86 bits per heavy atom. The van der Waals surface area contributed by atoms with Crippen molar-refractivity contribution in [3.63, 3.8) is 0 Å². The quantitative estimate of drug-likeness (QED) is 0.456. The molecule has 1 aliphatic carbocycles. The largest absolute Gasteiger partial charge is 0.392 e. The van der Waals surface area contributed by atoms with Crippen LogP contribution >= 0.6 is 11.6 Å². The van der Waals surface area contributed by atoms with E-state index >= 15 is 0 Å². The molecule has 2 unspecified atom stereocenters. The summed E-state index contributed by atoms with van der Waals surface area (Å²) in [6, 6.07) is 17.7. The number of halogens is 1. The second kappa shape index (κ2) is 10.2. The van der Waals surface area contributed by atoms with Gasteiger partial charge < -0.3 is 9.84 Å². The highest BCUT2D eigenvalue weighted by Gasteiger charge is 2.42. The van der Waals surface area contributed by atoms with Crippen LogP contribution in [0.15, 0.2) is 54.6 Å². The van der Waals surface area contributed by atoms with Crippen molar-refractivity contribution in [1.29, 1.82) is 0 Å². The van der Waals surface area contributed by atoms with Crippen LogP contribution in [-0.2, 0) is 11.3 Å². The van der Waals surface area contributed by atoms with Gasteiger partial charge in [-0.1, -0.05) is 67.9 Å². The number of carbonyl (C=O) groups is 1. The Bertz CT molecular complexity index is 744. The summed E-state index contributed by atoms with van der Waals surface area (Å²) in [6.45, 7) is 3.12. The number of ether oxygens (including phenoxy) is 1. The maximum Gasteiger partial charge on any atom is 0.162 e. The minimum absolute atomic E-state index is 0.0435. The van der Waals surface area contributed by atoms with Gasteiger partial charge in [0.25, 0.3) is 0 Å². The van der Waals surface area contributed by atoms with Crippen LogP contribution in [-0.4, -0.2) is 29.0 Å². The first-order chi connectivity index (χ1) is 13.6. The Morgan fingerprint density at radius 1 is 1.14 bits per heavy atom. The fourth-order valence-electron chi connectivity index (χ4n) is 4.00. The topological polar surface area (TPSA) is 46.5 Å². The van der Waals surface area contributed by atoms with E-state index in [0.29, 0.717) is 26.1 Å². The second-order valence-electron chi connectivity index (χ2n) is 7.66. The van der Waals surface area contributed by atoms with E-state index < -0.39 is 6.10 Å². The lowest BCUT2D eigenvalue weighted by Gasteiger charge is -2.24. The zero-order valence-corrected chi connectivity index (χ0v) is 17.1. The summed E-state index contributed by atoms with van der Waals surface area (Å²) in [7, 11) is 0. The summed E-state index contributed by atoms with van der Waals surface area (Å²) in [5.74, 6) is 0.151. The number of Topliss-reactive ketones (excluding diaryl/α,β-unsaturated/α-hetero) is 1. The molecule has 1 fully saturated rings. The molecule has 2 aromatic rings. The van der Waals surface area contributed by atoms with E-state index in [2.05, 4.69) is 6.92 Å². The molecule has 1 N–H and O–H groups in total. The summed E-state index contributed by atoms with van der Waals surface area (Å²) >= 11 is 6.54. The molecule has 0 heterocycles. The Kier molecular flexibility index (Phi) is 7.66. The minimum Gasteiger partial charge on any atom is -0.392 e. The van der Waals surface area contributed by atoms with Gasteiger partial charge in [-0.05, 0) is 24.0 Å². The Morgan fingerprint density at radius 3 is 2.54 bits per heavy atom. The van der Waals surface area contributed by atoms with Crippen molar-refractivity contribution in [2.24, 2.45) is 5.92 Å². The molecule has 4 heteroatoms. The zero-order valence-electron chi connectivity index (χ0n) is 16.4. The number of hydrogen-bond acceptors (Lipinski definition) is 3. The molecule has 28 heavy (non-hydrogen) atoms. The molecule has 1 saturated carbocycles. The molecule has 0 amide bonds. The SMILES string of the molecule is CCCCC(=O)c1ccc(C2C(COCc3ccccc3)[C@H](Cl)C[C@H]2O)cc1. The maximum absolute atomic E-state index is 12.2. The molecule has 3 rings (SSSR count). The molecular formula is C24H29ClO3. The van der Waals surface area contributed by atoms with E-state index in [9.17, 15) is 9.90 Å². The van der Waals surface area contributed by atoms with E-state index in [-0.39, 0.29) is 23.0 Å². The van der Waals surface area contributed by atoms with E-state index in [4.69, 9.17) is 16.3 Å². The van der Waals surface area contributed by atoms with Gasteiger partial charge in [0.2, 0.25) is 0 Å². The lowest BCUT2D eigenvalue weighted by atomic mass is 9.87. The highest BCUT2D eigenvalue weighted by atomic mass is 35.5. The predicted molar refractivity (Wildman–Crippen MR) is 113 cm³/mol. The van der Waals surface area contributed by atoms with Crippen LogP contribution < -0.4 is 0 Å². The standard InChI is InChI=1S/C24H29ClO3/c1-2-3-9-22(26)18-10-12-19(13-11-18)24-20(21(25)14-23(24)27)16-28-15-17-7-5-4-6-8-17/h4-8,10-13,20-21,23-24,27H,2-3,9,14-16H2,1H3/t20?,21-,23-,24?/m1/s1. The van der Waals surface area contributed by atoms with Gasteiger partial charge in [-0.2, -0.15) is 0 Å². The van der Waals surface area contributed by atoms with Gasteiger partial charge in [0.1, 0.15) is 0 Å². The van der Waals surface area contributed by atoms with Crippen LogP contribution in [0.1, 0.15) is 60.0 Å². The van der Waals surface area contributed by atoms with Gasteiger partial charge in [0, 0.05) is 29.2 Å². The fraction of sp³-hybridized carbons (Fsp3) is 0.458. The van der Waals surface area contributed by atoms with Crippen molar-refractivity contribution in [3.8, 4) is 0 Å². The van der Waals surface area contributed by atoms with E-state index in [1.807, 2.05) is 54.6 Å². The molecule has 150 valence electrons. The average molecular weight is 401 g/mol. The number of aliphatic hydroxyl groups is 1. The summed E-state index contributed by atoms with van der Waals surface area (Å²) in [5, 5.41) is 10.5. The van der Waals surface area contributed by atoms with Crippen LogP contribution in [0.4, 0.5) is 0 Å². The number of rotatable bonds is 9. The normalized spacial score (nSPS) is 24.4. The molecule has 0 aliphatic heterocycles. The van der Waals surface area contributed by atoms with Crippen LogP contribution in [0.25, 0.3) is 0 Å². The Hall–Kier alpha value is -1.68. The lowest BCUT2D eigenvalue weighted by Crippen LogP contribution is -2.23. The zero-order chi connectivity index (χ0) is 19.9. The van der Waals surface area contributed by atoms with Gasteiger partial charge in [-0.15, -0.1) is 11.6 Å². The second-order valence-corrected chi connectivity index (χ2v) is 8.22. The third kappa shape index (κ3) is 5.22. The molecule has 0 saturated heterocycles. The van der Waals surface area contributed by atoms with Crippen LogP contribution in [0.5, 0.6) is 0 Å². The molecule has 0 bridgehead atoms. The van der Waals surface area contributed by atoms with Crippen molar-refractivity contribution in [3.05, 3.63) is 71.3 Å². The van der Waals surface area contributed by atoms with Gasteiger partial charge in [-0.25, -0.2) is 0 Å². The summed E-state index contributed by atoms with van der Waals surface area (Å²) in [5.41, 5.74) is 2.89. The first-order valence-electron chi connectivity index (χ1n) is 10.2. The smallest absolute Gasteiger partial charge is 0.162 e. The van der Waals surface area contributed by atoms with Gasteiger partial charge in [-0.3, -0.25) is 4.79 Å². The number of alkyl halides is 1. The summed E-state index contributed by atoms with van der Waals surface area (Å²) < 4.78 is 5.93. The number of ketones is 1. The average Bonchev–Trinajstić information content (AvgIpc) is 3.00.